The fraction of sp³-hybridized carbons (Fsp3) is 0.300. The summed E-state index contributed by atoms with van der Waals surface area (Å²) in [5.41, 5.74) is 1.45. The van der Waals surface area contributed by atoms with E-state index >= 15 is 0 Å². The van der Waals surface area contributed by atoms with Crippen molar-refractivity contribution in [1.29, 1.82) is 0 Å². The molecule has 0 saturated heterocycles. The number of ether oxygens (including phenoxy) is 1. The average molecular weight is 398 g/mol. The molecular formula is C20H23N5O2S. The van der Waals surface area contributed by atoms with Crippen LogP contribution in [-0.2, 0) is 4.79 Å². The zero-order valence-electron chi connectivity index (χ0n) is 16.3. The second kappa shape index (κ2) is 8.43. The highest BCUT2D eigenvalue weighted by Gasteiger charge is 2.19. The second-order valence-electron chi connectivity index (χ2n) is 7.17. The van der Waals surface area contributed by atoms with E-state index in [1.807, 2.05) is 61.7 Å². The zero-order valence-corrected chi connectivity index (χ0v) is 17.2. The van der Waals surface area contributed by atoms with Crippen molar-refractivity contribution in [1.82, 2.24) is 25.1 Å². The summed E-state index contributed by atoms with van der Waals surface area (Å²) < 4.78 is 7.17. The van der Waals surface area contributed by atoms with Gasteiger partial charge in [0.15, 0.2) is 11.0 Å². The molecule has 0 atom stereocenters. The third-order valence-corrected chi connectivity index (χ3v) is 4.66. The van der Waals surface area contributed by atoms with Crippen LogP contribution in [0.2, 0.25) is 0 Å². The molecule has 0 aliphatic carbocycles. The molecule has 2 aromatic heterocycles. The molecule has 1 aromatic carbocycles. The van der Waals surface area contributed by atoms with Gasteiger partial charge in [-0.3, -0.25) is 14.3 Å². The van der Waals surface area contributed by atoms with Gasteiger partial charge in [-0.1, -0.05) is 11.8 Å². The fourth-order valence-corrected chi connectivity index (χ4v) is 3.35. The summed E-state index contributed by atoms with van der Waals surface area (Å²) >= 11 is 1.34. The molecule has 0 radical (unpaired) electrons. The number of hydrogen-bond acceptors (Lipinski definition) is 6. The Kier molecular flexibility index (Phi) is 5.99. The van der Waals surface area contributed by atoms with Crippen LogP contribution in [0.4, 0.5) is 0 Å². The van der Waals surface area contributed by atoms with Gasteiger partial charge in [0.25, 0.3) is 0 Å². The third-order valence-electron chi connectivity index (χ3n) is 3.73. The molecule has 0 bridgehead atoms. The van der Waals surface area contributed by atoms with Crippen LogP contribution in [-0.4, -0.2) is 44.1 Å². The summed E-state index contributed by atoms with van der Waals surface area (Å²) in [4.78, 5) is 16.4. The number of benzene rings is 1. The number of hydrogen-bond donors (Lipinski definition) is 1. The van der Waals surface area contributed by atoms with Crippen molar-refractivity contribution in [3.63, 3.8) is 0 Å². The number of pyridine rings is 1. The molecule has 8 heteroatoms. The number of nitrogens with zero attached hydrogens (tertiary/aromatic N) is 4. The number of carbonyl (C=O) groups excluding carboxylic acids is 1. The van der Waals surface area contributed by atoms with Gasteiger partial charge in [0, 0.05) is 29.2 Å². The topological polar surface area (TPSA) is 81.9 Å². The van der Waals surface area contributed by atoms with E-state index in [9.17, 15) is 4.79 Å². The molecule has 2 heterocycles. The first-order valence-corrected chi connectivity index (χ1v) is 9.80. The van der Waals surface area contributed by atoms with Gasteiger partial charge in [-0.05, 0) is 57.2 Å². The number of carbonyl (C=O) groups is 1. The third kappa shape index (κ3) is 4.89. The van der Waals surface area contributed by atoms with Crippen LogP contribution in [0.25, 0.3) is 17.1 Å². The molecule has 3 rings (SSSR count). The Hall–Kier alpha value is -2.87. The van der Waals surface area contributed by atoms with Crippen LogP contribution in [0.5, 0.6) is 5.75 Å². The predicted molar refractivity (Wildman–Crippen MR) is 110 cm³/mol. The highest BCUT2D eigenvalue weighted by Crippen LogP contribution is 2.28. The number of methoxy groups -OCH3 is 1. The van der Waals surface area contributed by atoms with Gasteiger partial charge in [-0.15, -0.1) is 10.2 Å². The van der Waals surface area contributed by atoms with Crippen LogP contribution >= 0.6 is 11.8 Å². The minimum Gasteiger partial charge on any atom is -0.497 e. The van der Waals surface area contributed by atoms with Crippen LogP contribution in [0.1, 0.15) is 20.8 Å². The number of aromatic nitrogens is 4. The molecule has 7 nitrogen and oxygen atoms in total. The molecule has 3 aromatic rings. The van der Waals surface area contributed by atoms with Gasteiger partial charge in [0.1, 0.15) is 5.75 Å². The molecule has 1 N–H and O–H groups in total. The van der Waals surface area contributed by atoms with E-state index in [0.29, 0.717) is 11.0 Å². The van der Waals surface area contributed by atoms with E-state index in [1.54, 1.807) is 19.5 Å². The summed E-state index contributed by atoms with van der Waals surface area (Å²) in [5.74, 6) is 1.62. The molecule has 28 heavy (non-hydrogen) atoms. The van der Waals surface area contributed by atoms with Crippen molar-refractivity contribution in [3.05, 3.63) is 48.8 Å². The lowest BCUT2D eigenvalue weighted by Gasteiger charge is -2.20. The minimum absolute atomic E-state index is 0.0512. The second-order valence-corrected chi connectivity index (χ2v) is 8.11. The van der Waals surface area contributed by atoms with Crippen LogP contribution in [0, 0.1) is 0 Å². The normalized spacial score (nSPS) is 11.3. The van der Waals surface area contributed by atoms with Gasteiger partial charge in [-0.25, -0.2) is 0 Å². The van der Waals surface area contributed by atoms with E-state index < -0.39 is 0 Å². The van der Waals surface area contributed by atoms with Crippen molar-refractivity contribution in [2.75, 3.05) is 12.9 Å². The van der Waals surface area contributed by atoms with Crippen LogP contribution in [0.3, 0.4) is 0 Å². The summed E-state index contributed by atoms with van der Waals surface area (Å²) in [5, 5.41) is 12.3. The highest BCUT2D eigenvalue weighted by molar-refractivity contribution is 7.99. The molecule has 0 aliphatic heterocycles. The lowest BCUT2D eigenvalue weighted by molar-refractivity contribution is -0.119. The van der Waals surface area contributed by atoms with Gasteiger partial charge in [0.05, 0.1) is 12.9 Å². The largest absolute Gasteiger partial charge is 0.497 e. The van der Waals surface area contributed by atoms with Crippen molar-refractivity contribution >= 4 is 17.7 Å². The summed E-state index contributed by atoms with van der Waals surface area (Å²) in [6.45, 7) is 5.86. The molecule has 1 amide bonds. The maximum absolute atomic E-state index is 12.2. The Labute approximate surface area is 168 Å². The van der Waals surface area contributed by atoms with Crippen molar-refractivity contribution in [2.45, 2.75) is 31.5 Å². The summed E-state index contributed by atoms with van der Waals surface area (Å²) in [6.07, 6.45) is 3.45. The maximum atomic E-state index is 12.2. The first kappa shape index (κ1) is 19.9. The van der Waals surface area contributed by atoms with Gasteiger partial charge >= 0.3 is 0 Å². The SMILES string of the molecule is COc1ccc(-n2c(SCC(=O)NC(C)(C)C)nnc2-c2cccnc2)cc1. The predicted octanol–water partition coefficient (Wildman–Crippen LogP) is 3.34. The molecular weight excluding hydrogens is 374 g/mol. The quantitative estimate of drug-likeness (QED) is 0.643. The van der Waals surface area contributed by atoms with E-state index in [1.165, 1.54) is 11.8 Å². The van der Waals surface area contributed by atoms with E-state index in [2.05, 4.69) is 20.5 Å². The lowest BCUT2D eigenvalue weighted by atomic mass is 10.1. The Morgan fingerprint density at radius 2 is 1.93 bits per heavy atom. The number of nitrogens with one attached hydrogen (secondary N) is 1. The first-order chi connectivity index (χ1) is 13.4. The smallest absolute Gasteiger partial charge is 0.230 e. The number of rotatable bonds is 6. The summed E-state index contributed by atoms with van der Waals surface area (Å²) in [6, 6.07) is 11.4. The van der Waals surface area contributed by atoms with E-state index in [-0.39, 0.29) is 17.2 Å². The molecule has 146 valence electrons. The van der Waals surface area contributed by atoms with Gasteiger partial charge < -0.3 is 10.1 Å². The molecule has 0 unspecified atom stereocenters. The Bertz CT molecular complexity index is 933. The standard InChI is InChI=1S/C20H23N5O2S/c1-20(2,3)22-17(26)13-28-19-24-23-18(14-6-5-11-21-12-14)25(19)15-7-9-16(27-4)10-8-15/h5-12H,13H2,1-4H3,(H,22,26). The van der Waals surface area contributed by atoms with Crippen LogP contribution in [0.15, 0.2) is 53.9 Å². The molecule has 0 saturated carbocycles. The van der Waals surface area contributed by atoms with Crippen LogP contribution < -0.4 is 10.1 Å². The van der Waals surface area contributed by atoms with Crippen molar-refractivity contribution in [2.24, 2.45) is 0 Å². The molecule has 0 aliphatic rings. The lowest BCUT2D eigenvalue weighted by Crippen LogP contribution is -2.41. The Morgan fingerprint density at radius 1 is 1.18 bits per heavy atom. The van der Waals surface area contributed by atoms with E-state index in [4.69, 9.17) is 4.74 Å². The van der Waals surface area contributed by atoms with Gasteiger partial charge in [0.2, 0.25) is 5.91 Å². The highest BCUT2D eigenvalue weighted by atomic mass is 32.2. The Morgan fingerprint density at radius 3 is 2.54 bits per heavy atom. The van der Waals surface area contributed by atoms with E-state index in [0.717, 1.165) is 17.0 Å². The molecule has 0 spiro atoms. The van der Waals surface area contributed by atoms with Gasteiger partial charge in [-0.2, -0.15) is 0 Å². The molecule has 0 fully saturated rings. The van der Waals surface area contributed by atoms with Crippen molar-refractivity contribution in [3.8, 4) is 22.8 Å². The summed E-state index contributed by atoms with van der Waals surface area (Å²) in [7, 11) is 1.63. The van der Waals surface area contributed by atoms with Crippen molar-refractivity contribution < 1.29 is 9.53 Å². The average Bonchev–Trinajstić information content (AvgIpc) is 3.10. The first-order valence-electron chi connectivity index (χ1n) is 8.81. The number of amides is 1. The maximum Gasteiger partial charge on any atom is 0.230 e. The Balaban J connectivity index is 1.93. The monoisotopic (exact) mass is 397 g/mol. The number of thioether (sulfide) groups is 1. The zero-order chi connectivity index (χ0) is 20.1. The minimum atomic E-state index is -0.276. The fourth-order valence-electron chi connectivity index (χ4n) is 2.59.